The zero-order valence-corrected chi connectivity index (χ0v) is 7.27. The summed E-state index contributed by atoms with van der Waals surface area (Å²) < 4.78 is 6.06. The molecule has 5 nitrogen and oxygen atoms in total. The summed E-state index contributed by atoms with van der Waals surface area (Å²) in [6, 6.07) is 0. The highest BCUT2D eigenvalue weighted by Gasteiger charge is 2.03. The van der Waals surface area contributed by atoms with E-state index in [4.69, 9.17) is 0 Å². The largest absolute Gasteiger partial charge is 0.469 e. The number of carbonyl (C=O) groups excluding carboxylic acids is 2. The van der Waals surface area contributed by atoms with E-state index in [0.29, 0.717) is 18.5 Å². The van der Waals surface area contributed by atoms with Crippen LogP contribution in [0, 0.1) is 0 Å². The molecule has 0 aliphatic heterocycles. The van der Waals surface area contributed by atoms with Crippen molar-refractivity contribution in [2.75, 3.05) is 7.11 Å². The monoisotopic (exact) mass is 182 g/mol. The molecule has 0 radical (unpaired) electrons. The highest BCUT2D eigenvalue weighted by atomic mass is 16.5. The van der Waals surface area contributed by atoms with Gasteiger partial charge in [-0.25, -0.2) is 4.98 Å². The number of nitrogens with zero attached hydrogens (tertiary/aromatic N) is 2. The average molecular weight is 182 g/mol. The quantitative estimate of drug-likeness (QED) is 0.495. The first-order valence-electron chi connectivity index (χ1n) is 3.80. The number of ether oxygens (including phenoxy) is 1. The van der Waals surface area contributed by atoms with Crippen LogP contribution in [0.25, 0.3) is 0 Å². The van der Waals surface area contributed by atoms with Gasteiger partial charge in [0.25, 0.3) is 0 Å². The van der Waals surface area contributed by atoms with Crippen molar-refractivity contribution in [3.8, 4) is 0 Å². The maximum absolute atomic E-state index is 10.8. The highest BCUT2D eigenvalue weighted by Crippen LogP contribution is 1.98. The minimum Gasteiger partial charge on any atom is -0.469 e. The first kappa shape index (κ1) is 9.44. The van der Waals surface area contributed by atoms with Gasteiger partial charge in [0, 0.05) is 6.54 Å². The Morgan fingerprint density at radius 2 is 2.54 bits per heavy atom. The number of hydrogen-bond acceptors (Lipinski definition) is 4. The van der Waals surface area contributed by atoms with E-state index in [1.807, 2.05) is 0 Å². The van der Waals surface area contributed by atoms with E-state index in [2.05, 4.69) is 9.72 Å². The van der Waals surface area contributed by atoms with Crippen LogP contribution in [0.2, 0.25) is 0 Å². The van der Waals surface area contributed by atoms with E-state index in [9.17, 15) is 9.59 Å². The van der Waals surface area contributed by atoms with Crippen molar-refractivity contribution in [2.45, 2.75) is 13.0 Å². The SMILES string of the molecule is COC(=O)CCn1cncc1C=O. The molecule has 1 rings (SSSR count). The predicted molar refractivity (Wildman–Crippen MR) is 44.2 cm³/mol. The second-order valence-electron chi connectivity index (χ2n) is 2.46. The molecule has 0 aliphatic rings. The molecule has 0 fully saturated rings. The van der Waals surface area contributed by atoms with Gasteiger partial charge in [-0.3, -0.25) is 9.59 Å². The molecular formula is C8H10N2O3. The van der Waals surface area contributed by atoms with Gasteiger partial charge in [-0.2, -0.15) is 0 Å². The number of methoxy groups -OCH3 is 1. The second-order valence-corrected chi connectivity index (χ2v) is 2.46. The Balaban J connectivity index is 2.53. The third-order valence-corrected chi connectivity index (χ3v) is 1.65. The Hall–Kier alpha value is -1.65. The van der Waals surface area contributed by atoms with Crippen LogP contribution in [-0.4, -0.2) is 28.9 Å². The van der Waals surface area contributed by atoms with E-state index in [1.54, 1.807) is 4.57 Å². The molecule has 1 aromatic rings. The summed E-state index contributed by atoms with van der Waals surface area (Å²) in [7, 11) is 1.33. The van der Waals surface area contributed by atoms with Gasteiger partial charge in [-0.15, -0.1) is 0 Å². The van der Waals surface area contributed by atoms with Crippen LogP contribution in [0.3, 0.4) is 0 Å². The predicted octanol–water partition coefficient (Wildman–Crippen LogP) is 0.259. The average Bonchev–Trinajstić information content (AvgIpc) is 2.61. The Labute approximate surface area is 75.3 Å². The fourth-order valence-corrected chi connectivity index (χ4v) is 0.930. The van der Waals surface area contributed by atoms with Gasteiger partial charge in [0.2, 0.25) is 0 Å². The molecule has 70 valence electrons. The summed E-state index contributed by atoms with van der Waals surface area (Å²) >= 11 is 0. The Kier molecular flexibility index (Phi) is 3.19. The summed E-state index contributed by atoms with van der Waals surface area (Å²) in [5.41, 5.74) is 0.462. The zero-order valence-electron chi connectivity index (χ0n) is 7.27. The van der Waals surface area contributed by atoms with Gasteiger partial charge in [0.15, 0.2) is 6.29 Å². The summed E-state index contributed by atoms with van der Waals surface area (Å²) in [6.07, 6.45) is 3.90. The van der Waals surface area contributed by atoms with Crippen molar-refractivity contribution in [1.82, 2.24) is 9.55 Å². The molecule has 0 N–H and O–H groups in total. The number of hydrogen-bond donors (Lipinski definition) is 0. The number of imidazole rings is 1. The first-order chi connectivity index (χ1) is 6.27. The van der Waals surface area contributed by atoms with Crippen molar-refractivity contribution >= 4 is 12.3 Å². The van der Waals surface area contributed by atoms with E-state index in [-0.39, 0.29) is 12.4 Å². The van der Waals surface area contributed by atoms with Gasteiger partial charge >= 0.3 is 5.97 Å². The lowest BCUT2D eigenvalue weighted by atomic mass is 10.4. The Morgan fingerprint density at radius 1 is 1.77 bits per heavy atom. The van der Waals surface area contributed by atoms with Gasteiger partial charge in [0.1, 0.15) is 5.69 Å². The van der Waals surface area contributed by atoms with Crippen LogP contribution in [0.1, 0.15) is 16.9 Å². The molecule has 0 atom stereocenters. The number of esters is 1. The summed E-state index contributed by atoms with van der Waals surface area (Å²) in [5.74, 6) is -0.300. The molecule has 0 saturated heterocycles. The molecule has 0 spiro atoms. The summed E-state index contributed by atoms with van der Waals surface area (Å²) in [5, 5.41) is 0. The molecule has 0 unspecified atom stereocenters. The zero-order chi connectivity index (χ0) is 9.68. The molecule has 13 heavy (non-hydrogen) atoms. The third kappa shape index (κ3) is 2.40. The van der Waals surface area contributed by atoms with Crippen LogP contribution in [-0.2, 0) is 16.1 Å². The molecule has 0 amide bonds. The maximum atomic E-state index is 10.8. The first-order valence-corrected chi connectivity index (χ1v) is 3.80. The molecule has 0 aromatic carbocycles. The van der Waals surface area contributed by atoms with Crippen molar-refractivity contribution < 1.29 is 14.3 Å². The molecule has 0 aliphatic carbocycles. The fourth-order valence-electron chi connectivity index (χ4n) is 0.930. The van der Waals surface area contributed by atoms with Gasteiger partial charge < -0.3 is 9.30 Å². The van der Waals surface area contributed by atoms with Crippen LogP contribution >= 0.6 is 0 Å². The van der Waals surface area contributed by atoms with Crippen LogP contribution in [0.4, 0.5) is 0 Å². The molecular weight excluding hydrogens is 172 g/mol. The van der Waals surface area contributed by atoms with Crippen molar-refractivity contribution in [3.05, 3.63) is 18.2 Å². The second kappa shape index (κ2) is 4.39. The molecule has 5 heteroatoms. The van der Waals surface area contributed by atoms with E-state index in [1.165, 1.54) is 19.6 Å². The summed E-state index contributed by atoms with van der Waals surface area (Å²) in [6.45, 7) is 0.417. The van der Waals surface area contributed by atoms with E-state index in [0.717, 1.165) is 0 Å². The molecule has 0 saturated carbocycles. The summed E-state index contributed by atoms with van der Waals surface area (Å²) in [4.78, 5) is 25.0. The fraction of sp³-hybridized carbons (Fsp3) is 0.375. The van der Waals surface area contributed by atoms with Gasteiger partial charge in [0.05, 0.1) is 26.1 Å². The Bertz CT molecular complexity index is 306. The number of aryl methyl sites for hydroxylation is 1. The highest BCUT2D eigenvalue weighted by molar-refractivity contribution is 5.72. The van der Waals surface area contributed by atoms with E-state index >= 15 is 0 Å². The minimum absolute atomic E-state index is 0.244. The van der Waals surface area contributed by atoms with Gasteiger partial charge in [-0.05, 0) is 0 Å². The number of rotatable bonds is 4. The normalized spacial score (nSPS) is 9.62. The van der Waals surface area contributed by atoms with Crippen LogP contribution in [0.15, 0.2) is 12.5 Å². The van der Waals surface area contributed by atoms with Crippen LogP contribution < -0.4 is 0 Å². The minimum atomic E-state index is -0.300. The number of carbonyl (C=O) groups is 2. The topological polar surface area (TPSA) is 61.2 Å². The van der Waals surface area contributed by atoms with Crippen molar-refractivity contribution in [3.63, 3.8) is 0 Å². The van der Waals surface area contributed by atoms with E-state index < -0.39 is 0 Å². The number of aromatic nitrogens is 2. The molecule has 0 bridgehead atoms. The Morgan fingerprint density at radius 3 is 3.15 bits per heavy atom. The molecule has 1 heterocycles. The van der Waals surface area contributed by atoms with Crippen molar-refractivity contribution in [1.29, 1.82) is 0 Å². The van der Waals surface area contributed by atoms with Crippen molar-refractivity contribution in [2.24, 2.45) is 0 Å². The smallest absolute Gasteiger partial charge is 0.307 e. The standard InChI is InChI=1S/C8H10N2O3/c1-13-8(12)2-3-10-6-9-4-7(10)5-11/h4-6H,2-3H2,1H3. The third-order valence-electron chi connectivity index (χ3n) is 1.65. The lowest BCUT2D eigenvalue weighted by Gasteiger charge is -2.01. The van der Waals surface area contributed by atoms with Gasteiger partial charge in [-0.1, -0.05) is 0 Å². The number of aldehydes is 1. The molecule has 1 aromatic heterocycles. The van der Waals surface area contributed by atoms with Crippen LogP contribution in [0.5, 0.6) is 0 Å². The maximum Gasteiger partial charge on any atom is 0.307 e. The lowest BCUT2D eigenvalue weighted by molar-refractivity contribution is -0.140. The lowest BCUT2D eigenvalue weighted by Crippen LogP contribution is -2.08.